The minimum absolute atomic E-state index is 0.00285. The SMILES string of the molecule is CN(Cc1ccc(OCC(=O)O)cc1)C(=O)C1CC2CCC1O2. The van der Waals surface area contributed by atoms with E-state index in [0.717, 1.165) is 24.8 Å². The smallest absolute Gasteiger partial charge is 0.341 e. The second-order valence-corrected chi connectivity index (χ2v) is 6.24. The summed E-state index contributed by atoms with van der Waals surface area (Å²) < 4.78 is 10.8. The number of carbonyl (C=O) groups excluding carboxylic acids is 1. The molecule has 3 unspecified atom stereocenters. The molecule has 3 atom stereocenters. The Morgan fingerprint density at radius 1 is 1.30 bits per heavy atom. The molecule has 0 radical (unpaired) electrons. The van der Waals surface area contributed by atoms with Crippen molar-refractivity contribution in [3.63, 3.8) is 0 Å². The molecule has 1 amide bonds. The summed E-state index contributed by atoms with van der Waals surface area (Å²) in [4.78, 5) is 24.7. The lowest BCUT2D eigenvalue weighted by Crippen LogP contribution is -2.37. The van der Waals surface area contributed by atoms with Gasteiger partial charge in [0, 0.05) is 13.6 Å². The zero-order valence-electron chi connectivity index (χ0n) is 13.1. The lowest BCUT2D eigenvalue weighted by molar-refractivity contribution is -0.139. The molecule has 2 fully saturated rings. The summed E-state index contributed by atoms with van der Waals surface area (Å²) in [6.45, 7) is 0.161. The fraction of sp³-hybridized carbons (Fsp3) is 0.529. The van der Waals surface area contributed by atoms with Crippen LogP contribution in [-0.4, -0.2) is 47.7 Å². The third-order valence-corrected chi connectivity index (χ3v) is 4.50. The van der Waals surface area contributed by atoms with Crippen LogP contribution in [0.2, 0.25) is 0 Å². The number of ether oxygens (including phenoxy) is 2. The van der Waals surface area contributed by atoms with Crippen molar-refractivity contribution < 1.29 is 24.2 Å². The van der Waals surface area contributed by atoms with Gasteiger partial charge in [-0.3, -0.25) is 4.79 Å². The molecule has 1 aromatic rings. The molecule has 1 aromatic carbocycles. The first-order valence-electron chi connectivity index (χ1n) is 7.87. The molecule has 23 heavy (non-hydrogen) atoms. The standard InChI is InChI=1S/C17H21NO5/c1-18(17(21)14-8-13-6-7-15(14)23-13)9-11-2-4-12(5-3-11)22-10-16(19)20/h2-5,13-15H,6-10H2,1H3,(H,19,20). The van der Waals surface area contributed by atoms with Crippen LogP contribution in [0.3, 0.4) is 0 Å². The van der Waals surface area contributed by atoms with Gasteiger partial charge in [-0.1, -0.05) is 12.1 Å². The Labute approximate surface area is 135 Å². The van der Waals surface area contributed by atoms with Crippen molar-refractivity contribution in [2.75, 3.05) is 13.7 Å². The average Bonchev–Trinajstić information content (AvgIpc) is 3.16. The van der Waals surface area contributed by atoms with Crippen LogP contribution in [0, 0.1) is 5.92 Å². The highest BCUT2D eigenvalue weighted by Gasteiger charge is 2.45. The first-order valence-corrected chi connectivity index (χ1v) is 7.87. The predicted molar refractivity (Wildman–Crippen MR) is 82.0 cm³/mol. The molecule has 2 saturated heterocycles. The van der Waals surface area contributed by atoms with Crippen LogP contribution < -0.4 is 4.74 Å². The first-order chi connectivity index (χ1) is 11.0. The van der Waals surface area contributed by atoms with E-state index >= 15 is 0 Å². The van der Waals surface area contributed by atoms with Gasteiger partial charge in [-0.05, 0) is 37.0 Å². The van der Waals surface area contributed by atoms with Gasteiger partial charge in [0.2, 0.25) is 5.91 Å². The van der Waals surface area contributed by atoms with Gasteiger partial charge in [0.15, 0.2) is 6.61 Å². The fourth-order valence-electron chi connectivity index (χ4n) is 3.37. The number of carbonyl (C=O) groups is 2. The quantitative estimate of drug-likeness (QED) is 0.863. The number of nitrogens with zero attached hydrogens (tertiary/aromatic N) is 1. The lowest BCUT2D eigenvalue weighted by Gasteiger charge is -2.25. The number of aliphatic carboxylic acids is 1. The van der Waals surface area contributed by atoms with E-state index in [1.54, 1.807) is 17.0 Å². The summed E-state index contributed by atoms with van der Waals surface area (Å²) in [5.74, 6) is -0.362. The van der Waals surface area contributed by atoms with Gasteiger partial charge in [0.05, 0.1) is 18.1 Å². The second kappa shape index (κ2) is 6.58. The number of carboxylic acids is 1. The Kier molecular flexibility index (Phi) is 4.52. The van der Waals surface area contributed by atoms with E-state index in [4.69, 9.17) is 14.6 Å². The van der Waals surface area contributed by atoms with Crippen molar-refractivity contribution >= 4 is 11.9 Å². The second-order valence-electron chi connectivity index (χ2n) is 6.24. The summed E-state index contributed by atoms with van der Waals surface area (Å²) >= 11 is 0. The predicted octanol–water partition coefficient (Wildman–Crippen LogP) is 1.68. The van der Waals surface area contributed by atoms with E-state index in [-0.39, 0.29) is 30.6 Å². The molecular formula is C17H21NO5. The van der Waals surface area contributed by atoms with Gasteiger partial charge in [-0.2, -0.15) is 0 Å². The van der Waals surface area contributed by atoms with E-state index in [1.165, 1.54) is 0 Å². The number of fused-ring (bicyclic) bond motifs is 2. The van der Waals surface area contributed by atoms with Gasteiger partial charge in [-0.25, -0.2) is 4.79 Å². The van der Waals surface area contributed by atoms with Crippen molar-refractivity contribution in [3.05, 3.63) is 29.8 Å². The van der Waals surface area contributed by atoms with Crippen LogP contribution in [0.4, 0.5) is 0 Å². The minimum atomic E-state index is -1.01. The molecule has 124 valence electrons. The van der Waals surface area contributed by atoms with Gasteiger partial charge in [0.25, 0.3) is 0 Å². The van der Waals surface area contributed by atoms with Gasteiger partial charge >= 0.3 is 5.97 Å². The Morgan fingerprint density at radius 2 is 2.04 bits per heavy atom. The Balaban J connectivity index is 1.54. The van der Waals surface area contributed by atoms with E-state index in [2.05, 4.69) is 0 Å². The molecule has 3 rings (SSSR count). The number of hydrogen-bond acceptors (Lipinski definition) is 4. The van der Waals surface area contributed by atoms with E-state index < -0.39 is 5.97 Å². The van der Waals surface area contributed by atoms with Crippen LogP contribution in [0.1, 0.15) is 24.8 Å². The van der Waals surface area contributed by atoms with Crippen LogP contribution >= 0.6 is 0 Å². The van der Waals surface area contributed by atoms with Crippen molar-refractivity contribution in [2.45, 2.75) is 38.0 Å². The molecule has 6 heteroatoms. The Hall–Kier alpha value is -2.08. The molecular weight excluding hydrogens is 298 g/mol. The largest absolute Gasteiger partial charge is 0.482 e. The highest BCUT2D eigenvalue weighted by Crippen LogP contribution is 2.39. The molecule has 2 aliphatic rings. The number of benzene rings is 1. The lowest BCUT2D eigenvalue weighted by atomic mass is 9.88. The van der Waals surface area contributed by atoms with Crippen LogP contribution in [0.5, 0.6) is 5.75 Å². The summed E-state index contributed by atoms with van der Waals surface area (Å²) in [7, 11) is 1.81. The van der Waals surface area contributed by atoms with Crippen molar-refractivity contribution in [3.8, 4) is 5.75 Å². The van der Waals surface area contributed by atoms with E-state index in [9.17, 15) is 9.59 Å². The van der Waals surface area contributed by atoms with E-state index in [0.29, 0.717) is 12.3 Å². The van der Waals surface area contributed by atoms with E-state index in [1.807, 2.05) is 19.2 Å². The monoisotopic (exact) mass is 319 g/mol. The molecule has 0 aromatic heterocycles. The minimum Gasteiger partial charge on any atom is -0.482 e. The van der Waals surface area contributed by atoms with Gasteiger partial charge in [0.1, 0.15) is 5.75 Å². The maximum atomic E-state index is 12.5. The van der Waals surface area contributed by atoms with Gasteiger partial charge < -0.3 is 19.5 Å². The fourth-order valence-corrected chi connectivity index (χ4v) is 3.37. The maximum absolute atomic E-state index is 12.5. The van der Waals surface area contributed by atoms with Crippen LogP contribution in [0.25, 0.3) is 0 Å². The highest BCUT2D eigenvalue weighted by atomic mass is 16.5. The Morgan fingerprint density at radius 3 is 2.61 bits per heavy atom. The molecule has 0 spiro atoms. The third kappa shape index (κ3) is 3.64. The zero-order chi connectivity index (χ0) is 16.4. The normalized spacial score (nSPS) is 25.3. The molecule has 1 N–H and O–H groups in total. The molecule has 0 saturated carbocycles. The summed E-state index contributed by atoms with van der Waals surface area (Å²) in [6, 6.07) is 7.13. The molecule has 0 aliphatic carbocycles. The number of carboxylic acid groups (broad SMARTS) is 1. The maximum Gasteiger partial charge on any atom is 0.341 e. The molecule has 2 bridgehead atoms. The van der Waals surface area contributed by atoms with Crippen LogP contribution in [0.15, 0.2) is 24.3 Å². The summed E-state index contributed by atoms with van der Waals surface area (Å²) in [5, 5.41) is 8.58. The summed E-state index contributed by atoms with van der Waals surface area (Å²) in [6.07, 6.45) is 3.28. The molecule has 2 aliphatic heterocycles. The number of hydrogen-bond donors (Lipinski definition) is 1. The Bertz CT molecular complexity index is 585. The van der Waals surface area contributed by atoms with Crippen LogP contribution in [-0.2, 0) is 20.9 Å². The zero-order valence-corrected chi connectivity index (χ0v) is 13.1. The van der Waals surface area contributed by atoms with Crippen molar-refractivity contribution in [1.29, 1.82) is 0 Å². The van der Waals surface area contributed by atoms with Crippen molar-refractivity contribution in [2.24, 2.45) is 5.92 Å². The first kappa shape index (κ1) is 15.8. The highest BCUT2D eigenvalue weighted by molar-refractivity contribution is 5.79. The average molecular weight is 319 g/mol. The topological polar surface area (TPSA) is 76.1 Å². The third-order valence-electron chi connectivity index (χ3n) is 4.50. The van der Waals surface area contributed by atoms with Crippen molar-refractivity contribution in [1.82, 2.24) is 4.90 Å². The number of amides is 1. The number of rotatable bonds is 6. The molecule has 2 heterocycles. The van der Waals surface area contributed by atoms with Gasteiger partial charge in [-0.15, -0.1) is 0 Å². The molecule has 6 nitrogen and oxygen atoms in total. The summed E-state index contributed by atoms with van der Waals surface area (Å²) in [5.41, 5.74) is 0.979.